The van der Waals surface area contributed by atoms with Gasteiger partial charge in [-0.25, -0.2) is 0 Å². The van der Waals surface area contributed by atoms with Crippen LogP contribution in [0.15, 0.2) is 0 Å². The topological polar surface area (TPSA) is 12.0 Å². The second-order valence-electron chi connectivity index (χ2n) is 5.82. The first-order valence-electron chi connectivity index (χ1n) is 8.09. The molecule has 0 aliphatic heterocycles. The first kappa shape index (κ1) is 15.0. The molecule has 0 heterocycles. The van der Waals surface area contributed by atoms with Crippen molar-refractivity contribution in [2.45, 2.75) is 78.1 Å². The summed E-state index contributed by atoms with van der Waals surface area (Å²) in [7, 11) is 0. The Hall–Kier alpha value is -0.0400. The fraction of sp³-hybridized carbons (Fsp3) is 1.00. The molecule has 0 aromatic heterocycles. The van der Waals surface area contributed by atoms with Gasteiger partial charge in [0.05, 0.1) is 0 Å². The molecule has 1 atom stereocenters. The zero-order valence-corrected chi connectivity index (χ0v) is 12.1. The van der Waals surface area contributed by atoms with Crippen LogP contribution in [0.3, 0.4) is 0 Å². The van der Waals surface area contributed by atoms with Gasteiger partial charge < -0.3 is 5.32 Å². The van der Waals surface area contributed by atoms with Gasteiger partial charge in [-0.15, -0.1) is 0 Å². The molecule has 1 rings (SSSR count). The molecule has 1 N–H and O–H groups in total. The Kier molecular flexibility index (Phi) is 8.78. The molecule has 1 nitrogen and oxygen atoms in total. The normalized spacial score (nSPS) is 18.7. The van der Waals surface area contributed by atoms with Crippen LogP contribution >= 0.6 is 0 Å². The van der Waals surface area contributed by atoms with Crippen molar-refractivity contribution in [3.05, 3.63) is 0 Å². The van der Waals surface area contributed by atoms with Gasteiger partial charge in [0.2, 0.25) is 0 Å². The van der Waals surface area contributed by atoms with Gasteiger partial charge in [0.1, 0.15) is 0 Å². The minimum Gasteiger partial charge on any atom is -0.317 e. The van der Waals surface area contributed by atoms with Crippen molar-refractivity contribution in [2.24, 2.45) is 11.8 Å². The third kappa shape index (κ3) is 6.45. The molecular weight excluding hydrogens is 206 g/mol. The highest BCUT2D eigenvalue weighted by Gasteiger charge is 2.23. The highest BCUT2D eigenvalue weighted by molar-refractivity contribution is 4.77. The van der Waals surface area contributed by atoms with Crippen LogP contribution in [-0.2, 0) is 0 Å². The van der Waals surface area contributed by atoms with Crippen molar-refractivity contribution in [3.8, 4) is 0 Å². The lowest BCUT2D eigenvalue weighted by Crippen LogP contribution is -2.27. The number of nitrogens with one attached hydrogen (secondary N) is 1. The van der Waals surface area contributed by atoms with E-state index in [9.17, 15) is 0 Å². The minimum atomic E-state index is 0.971. The van der Waals surface area contributed by atoms with E-state index in [1.54, 1.807) is 0 Å². The summed E-state index contributed by atoms with van der Waals surface area (Å²) in [5.41, 5.74) is 0. The van der Waals surface area contributed by atoms with E-state index in [0.29, 0.717) is 0 Å². The lowest BCUT2D eigenvalue weighted by molar-refractivity contribution is 0.297. The van der Waals surface area contributed by atoms with Gasteiger partial charge in [-0.1, -0.05) is 71.6 Å². The molecule has 0 aromatic rings. The number of hydrogen-bond acceptors (Lipinski definition) is 1. The fourth-order valence-corrected chi connectivity index (χ4v) is 3.27. The average molecular weight is 239 g/mol. The Balaban J connectivity index is 2.15. The van der Waals surface area contributed by atoms with Crippen LogP contribution in [0.4, 0.5) is 0 Å². The third-order valence-electron chi connectivity index (χ3n) is 4.40. The number of hydrogen-bond donors (Lipinski definition) is 1. The van der Waals surface area contributed by atoms with Gasteiger partial charge in [0, 0.05) is 0 Å². The van der Waals surface area contributed by atoms with Crippen molar-refractivity contribution in [1.82, 2.24) is 5.32 Å². The third-order valence-corrected chi connectivity index (χ3v) is 4.40. The van der Waals surface area contributed by atoms with E-state index in [-0.39, 0.29) is 0 Å². The van der Waals surface area contributed by atoms with Gasteiger partial charge in [-0.3, -0.25) is 0 Å². The van der Waals surface area contributed by atoms with E-state index in [2.05, 4.69) is 19.2 Å². The summed E-state index contributed by atoms with van der Waals surface area (Å²) in [5.74, 6) is 2.01. The van der Waals surface area contributed by atoms with Crippen LogP contribution in [0.1, 0.15) is 78.1 Å². The monoisotopic (exact) mass is 239 g/mol. The van der Waals surface area contributed by atoms with Crippen LogP contribution in [0.25, 0.3) is 0 Å². The van der Waals surface area contributed by atoms with E-state index in [0.717, 1.165) is 18.4 Å². The first-order valence-corrected chi connectivity index (χ1v) is 8.09. The van der Waals surface area contributed by atoms with Crippen LogP contribution in [0.2, 0.25) is 0 Å². The molecule has 1 fully saturated rings. The second kappa shape index (κ2) is 9.94. The zero-order valence-electron chi connectivity index (χ0n) is 12.1. The van der Waals surface area contributed by atoms with Crippen molar-refractivity contribution < 1.29 is 0 Å². The van der Waals surface area contributed by atoms with Gasteiger partial charge in [-0.05, 0) is 31.3 Å². The summed E-state index contributed by atoms with van der Waals surface area (Å²) in [4.78, 5) is 0. The SMILES string of the molecule is CCCCCCCC(CNCC)C1CCCC1. The molecule has 1 aliphatic rings. The van der Waals surface area contributed by atoms with Crippen LogP contribution in [-0.4, -0.2) is 13.1 Å². The predicted octanol–water partition coefficient (Wildman–Crippen LogP) is 4.76. The number of rotatable bonds is 10. The number of unbranched alkanes of at least 4 members (excludes halogenated alkanes) is 4. The van der Waals surface area contributed by atoms with Gasteiger partial charge in [0.15, 0.2) is 0 Å². The molecule has 0 aromatic carbocycles. The highest BCUT2D eigenvalue weighted by atomic mass is 14.8. The van der Waals surface area contributed by atoms with Crippen LogP contribution < -0.4 is 5.32 Å². The van der Waals surface area contributed by atoms with Gasteiger partial charge in [0.25, 0.3) is 0 Å². The summed E-state index contributed by atoms with van der Waals surface area (Å²) in [5, 5.41) is 3.58. The largest absolute Gasteiger partial charge is 0.317 e. The van der Waals surface area contributed by atoms with E-state index < -0.39 is 0 Å². The van der Waals surface area contributed by atoms with Gasteiger partial charge in [-0.2, -0.15) is 0 Å². The molecular formula is C16H33N. The Morgan fingerprint density at radius 2 is 1.71 bits per heavy atom. The van der Waals surface area contributed by atoms with E-state index in [1.807, 2.05) is 0 Å². The van der Waals surface area contributed by atoms with Crippen molar-refractivity contribution in [3.63, 3.8) is 0 Å². The fourth-order valence-electron chi connectivity index (χ4n) is 3.27. The smallest absolute Gasteiger partial charge is 0.00180 e. The molecule has 102 valence electrons. The summed E-state index contributed by atoms with van der Waals surface area (Å²) in [6.45, 7) is 6.94. The van der Waals surface area contributed by atoms with E-state index in [1.165, 1.54) is 70.8 Å². The Labute approximate surface area is 109 Å². The molecule has 1 unspecified atom stereocenters. The van der Waals surface area contributed by atoms with Crippen LogP contribution in [0, 0.1) is 11.8 Å². The predicted molar refractivity (Wildman–Crippen MR) is 77.4 cm³/mol. The van der Waals surface area contributed by atoms with E-state index in [4.69, 9.17) is 0 Å². The highest BCUT2D eigenvalue weighted by Crippen LogP contribution is 2.33. The molecule has 0 bridgehead atoms. The Morgan fingerprint density at radius 3 is 2.35 bits per heavy atom. The maximum atomic E-state index is 3.58. The summed E-state index contributed by atoms with van der Waals surface area (Å²) >= 11 is 0. The van der Waals surface area contributed by atoms with E-state index >= 15 is 0 Å². The summed E-state index contributed by atoms with van der Waals surface area (Å²) < 4.78 is 0. The first-order chi connectivity index (χ1) is 8.38. The molecule has 0 saturated heterocycles. The van der Waals surface area contributed by atoms with Gasteiger partial charge >= 0.3 is 0 Å². The molecule has 0 radical (unpaired) electrons. The average Bonchev–Trinajstić information content (AvgIpc) is 2.86. The Morgan fingerprint density at radius 1 is 1.00 bits per heavy atom. The zero-order chi connectivity index (χ0) is 12.3. The lowest BCUT2D eigenvalue weighted by Gasteiger charge is -2.23. The molecule has 1 heteroatoms. The quantitative estimate of drug-likeness (QED) is 0.542. The maximum absolute atomic E-state index is 3.58. The standard InChI is InChI=1S/C16H33N/c1-3-5-6-7-8-13-16(14-17-4-2)15-11-9-10-12-15/h15-17H,3-14H2,1-2H3. The van der Waals surface area contributed by atoms with Crippen molar-refractivity contribution in [1.29, 1.82) is 0 Å². The van der Waals surface area contributed by atoms with Crippen LogP contribution in [0.5, 0.6) is 0 Å². The summed E-state index contributed by atoms with van der Waals surface area (Å²) in [6, 6.07) is 0. The summed E-state index contributed by atoms with van der Waals surface area (Å²) in [6.07, 6.45) is 14.6. The Bertz CT molecular complexity index is 161. The molecule has 0 spiro atoms. The van der Waals surface area contributed by atoms with Crippen molar-refractivity contribution >= 4 is 0 Å². The molecule has 0 amide bonds. The van der Waals surface area contributed by atoms with Crippen molar-refractivity contribution in [2.75, 3.05) is 13.1 Å². The molecule has 1 saturated carbocycles. The second-order valence-corrected chi connectivity index (χ2v) is 5.82. The molecule has 1 aliphatic carbocycles. The maximum Gasteiger partial charge on any atom is -0.00180 e. The molecule has 17 heavy (non-hydrogen) atoms. The minimum absolute atomic E-state index is 0.971. The lowest BCUT2D eigenvalue weighted by atomic mass is 9.86.